The highest BCUT2D eigenvalue weighted by Gasteiger charge is 2.45. The average molecular weight is 508 g/mol. The number of fused-ring (bicyclic) bond motifs is 2. The molecule has 8 heteroatoms. The molecule has 3 rings (SSSR count). The first-order valence-electron chi connectivity index (χ1n) is 10.3. The van der Waals surface area contributed by atoms with Gasteiger partial charge in [0, 0.05) is 30.1 Å². The van der Waals surface area contributed by atoms with Crippen LogP contribution in [0.4, 0.5) is 4.79 Å². The molecule has 2 bridgehead atoms. The van der Waals surface area contributed by atoms with Gasteiger partial charge in [0.1, 0.15) is 5.60 Å². The summed E-state index contributed by atoms with van der Waals surface area (Å²) in [5.41, 5.74) is -0.278. The van der Waals surface area contributed by atoms with Gasteiger partial charge in [0.15, 0.2) is 5.96 Å². The van der Waals surface area contributed by atoms with Crippen molar-refractivity contribution < 1.29 is 14.3 Å². The topological polar surface area (TPSA) is 75.2 Å². The van der Waals surface area contributed by atoms with Crippen molar-refractivity contribution in [1.29, 1.82) is 0 Å². The van der Waals surface area contributed by atoms with Crippen molar-refractivity contribution in [2.75, 3.05) is 26.3 Å². The van der Waals surface area contributed by atoms with E-state index in [2.05, 4.69) is 24.5 Å². The Morgan fingerprint density at radius 1 is 1.25 bits per heavy atom. The molecule has 3 heterocycles. The van der Waals surface area contributed by atoms with Gasteiger partial charge in [0.2, 0.25) is 0 Å². The molecule has 0 aromatic carbocycles. The predicted molar refractivity (Wildman–Crippen MR) is 121 cm³/mol. The number of rotatable bonds is 4. The number of amides is 1. The number of hydrogen-bond acceptors (Lipinski definition) is 4. The standard InChI is InChI=1S/C20H36N4O3.HI/c1-6-21-17(22-11-20(5)12-26-13-20)23-14-9-15-7-8-16(10-14)24(15)18(25)27-19(2,3)4;/h14-16H,6-13H2,1-5H3,(H2,21,22,23);1H. The molecule has 0 saturated carbocycles. The fraction of sp³-hybridized carbons (Fsp3) is 0.900. The summed E-state index contributed by atoms with van der Waals surface area (Å²) in [6.07, 6.45) is 3.85. The van der Waals surface area contributed by atoms with Gasteiger partial charge in [-0.1, -0.05) is 6.92 Å². The molecule has 3 saturated heterocycles. The molecular weight excluding hydrogens is 471 g/mol. The third-order valence-electron chi connectivity index (χ3n) is 5.54. The van der Waals surface area contributed by atoms with E-state index in [-0.39, 0.29) is 47.6 Å². The van der Waals surface area contributed by atoms with Crippen molar-refractivity contribution in [3.63, 3.8) is 0 Å². The molecule has 0 aromatic rings. The SMILES string of the molecule is CCNC(=NCC1(C)COC1)NC1CC2CCC(C1)N2C(=O)OC(C)(C)C.I. The first kappa shape index (κ1) is 23.5. The Morgan fingerprint density at radius 2 is 1.86 bits per heavy atom. The molecule has 3 fully saturated rings. The normalized spacial score (nSPS) is 28.8. The third kappa shape index (κ3) is 5.87. The van der Waals surface area contributed by atoms with E-state index in [1.165, 1.54) is 0 Å². The number of aliphatic imine (C=N–C) groups is 1. The lowest BCUT2D eigenvalue weighted by Gasteiger charge is -2.40. The Bertz CT molecular complexity index is 560. The van der Waals surface area contributed by atoms with Gasteiger partial charge < -0.3 is 25.0 Å². The number of ether oxygens (including phenoxy) is 2. The summed E-state index contributed by atoms with van der Waals surface area (Å²) in [5.74, 6) is 0.876. The van der Waals surface area contributed by atoms with Crippen LogP contribution in [0.5, 0.6) is 0 Å². The maximum atomic E-state index is 12.6. The minimum Gasteiger partial charge on any atom is -0.444 e. The number of carbonyl (C=O) groups excluding carboxylic acids is 1. The second kappa shape index (κ2) is 9.36. The molecule has 3 aliphatic heterocycles. The molecule has 0 spiro atoms. The molecule has 7 nitrogen and oxygen atoms in total. The van der Waals surface area contributed by atoms with Crippen LogP contribution in [-0.4, -0.2) is 67.0 Å². The first-order valence-corrected chi connectivity index (χ1v) is 10.3. The van der Waals surface area contributed by atoms with Gasteiger partial charge in [-0.2, -0.15) is 0 Å². The number of nitrogens with one attached hydrogen (secondary N) is 2. The number of nitrogens with zero attached hydrogens (tertiary/aromatic N) is 2. The molecular formula is C20H37IN4O3. The Hall–Kier alpha value is -0.770. The van der Waals surface area contributed by atoms with E-state index in [0.717, 1.165) is 57.9 Å². The molecule has 2 unspecified atom stereocenters. The van der Waals surface area contributed by atoms with Crippen LogP contribution in [-0.2, 0) is 9.47 Å². The lowest BCUT2D eigenvalue weighted by Crippen LogP contribution is -2.55. The van der Waals surface area contributed by atoms with E-state index in [0.29, 0.717) is 6.04 Å². The van der Waals surface area contributed by atoms with Crippen molar-refractivity contribution in [3.8, 4) is 0 Å². The zero-order valence-corrected chi connectivity index (χ0v) is 20.2. The molecule has 0 radical (unpaired) electrons. The molecule has 0 aliphatic carbocycles. The highest BCUT2D eigenvalue weighted by atomic mass is 127. The fourth-order valence-corrected chi connectivity index (χ4v) is 4.23. The number of halogens is 1. The summed E-state index contributed by atoms with van der Waals surface area (Å²) in [7, 11) is 0. The van der Waals surface area contributed by atoms with E-state index < -0.39 is 5.60 Å². The summed E-state index contributed by atoms with van der Waals surface area (Å²) in [4.78, 5) is 19.4. The van der Waals surface area contributed by atoms with Crippen LogP contribution in [0, 0.1) is 5.41 Å². The van der Waals surface area contributed by atoms with Gasteiger partial charge >= 0.3 is 6.09 Å². The van der Waals surface area contributed by atoms with Crippen molar-refractivity contribution in [2.45, 2.75) is 84.0 Å². The lowest BCUT2D eigenvalue weighted by atomic mass is 9.89. The van der Waals surface area contributed by atoms with E-state index in [4.69, 9.17) is 14.5 Å². The van der Waals surface area contributed by atoms with Crippen LogP contribution >= 0.6 is 24.0 Å². The fourth-order valence-electron chi connectivity index (χ4n) is 4.23. The Morgan fingerprint density at radius 3 is 2.32 bits per heavy atom. The maximum Gasteiger partial charge on any atom is 0.410 e. The van der Waals surface area contributed by atoms with E-state index >= 15 is 0 Å². The quantitative estimate of drug-likeness (QED) is 0.347. The molecule has 162 valence electrons. The van der Waals surface area contributed by atoms with E-state index in [1.807, 2.05) is 25.7 Å². The molecule has 0 aromatic heterocycles. The second-order valence-corrected chi connectivity index (χ2v) is 9.58. The summed E-state index contributed by atoms with van der Waals surface area (Å²) in [5, 5.41) is 6.96. The molecule has 2 atom stereocenters. The van der Waals surface area contributed by atoms with Crippen LogP contribution in [0.2, 0.25) is 0 Å². The van der Waals surface area contributed by atoms with Crippen LogP contribution in [0.15, 0.2) is 4.99 Å². The van der Waals surface area contributed by atoms with Crippen LogP contribution < -0.4 is 10.6 Å². The highest BCUT2D eigenvalue weighted by Crippen LogP contribution is 2.36. The van der Waals surface area contributed by atoms with Gasteiger partial charge in [-0.15, -0.1) is 24.0 Å². The summed E-state index contributed by atoms with van der Waals surface area (Å²) < 4.78 is 11.0. The van der Waals surface area contributed by atoms with E-state index in [1.54, 1.807) is 0 Å². The van der Waals surface area contributed by atoms with Crippen molar-refractivity contribution in [3.05, 3.63) is 0 Å². The molecule has 3 aliphatic rings. The summed E-state index contributed by atoms with van der Waals surface area (Å²) in [6, 6.07) is 0.859. The average Bonchev–Trinajstić information content (AvgIpc) is 2.81. The number of hydrogen-bond donors (Lipinski definition) is 2. The second-order valence-electron chi connectivity index (χ2n) is 9.58. The van der Waals surface area contributed by atoms with Crippen LogP contribution in [0.3, 0.4) is 0 Å². The first-order chi connectivity index (χ1) is 12.7. The maximum absolute atomic E-state index is 12.6. The third-order valence-corrected chi connectivity index (χ3v) is 5.54. The molecule has 1 amide bonds. The minimum absolute atomic E-state index is 0. The van der Waals surface area contributed by atoms with Gasteiger partial charge in [-0.25, -0.2) is 4.79 Å². The Labute approximate surface area is 186 Å². The lowest BCUT2D eigenvalue weighted by molar-refractivity contribution is -0.0945. The van der Waals surface area contributed by atoms with Crippen LogP contribution in [0.25, 0.3) is 0 Å². The molecule has 2 N–H and O–H groups in total. The van der Waals surface area contributed by atoms with Crippen molar-refractivity contribution in [1.82, 2.24) is 15.5 Å². The number of piperidine rings is 1. The Kier molecular flexibility index (Phi) is 7.86. The van der Waals surface area contributed by atoms with E-state index in [9.17, 15) is 4.79 Å². The van der Waals surface area contributed by atoms with Crippen LogP contribution in [0.1, 0.15) is 60.3 Å². The highest BCUT2D eigenvalue weighted by molar-refractivity contribution is 14.0. The summed E-state index contributed by atoms with van der Waals surface area (Å²) >= 11 is 0. The molecule has 28 heavy (non-hydrogen) atoms. The zero-order chi connectivity index (χ0) is 19.7. The smallest absolute Gasteiger partial charge is 0.410 e. The monoisotopic (exact) mass is 508 g/mol. The number of carbonyl (C=O) groups is 1. The van der Waals surface area contributed by atoms with Gasteiger partial charge in [0.25, 0.3) is 0 Å². The van der Waals surface area contributed by atoms with Gasteiger partial charge in [-0.3, -0.25) is 4.99 Å². The summed E-state index contributed by atoms with van der Waals surface area (Å²) in [6.45, 7) is 13.2. The van der Waals surface area contributed by atoms with Gasteiger partial charge in [0.05, 0.1) is 19.8 Å². The van der Waals surface area contributed by atoms with Gasteiger partial charge in [-0.05, 0) is 53.4 Å². The minimum atomic E-state index is -0.447. The zero-order valence-electron chi connectivity index (χ0n) is 17.9. The predicted octanol–water partition coefficient (Wildman–Crippen LogP) is 3.13. The van der Waals surface area contributed by atoms with Crippen molar-refractivity contribution >= 4 is 36.0 Å². The van der Waals surface area contributed by atoms with Crippen molar-refractivity contribution in [2.24, 2.45) is 10.4 Å². The Balaban J connectivity index is 0.00000280. The number of guanidine groups is 1. The largest absolute Gasteiger partial charge is 0.444 e.